The molecule has 10 heteroatoms. The number of benzene rings is 1. The summed E-state index contributed by atoms with van der Waals surface area (Å²) in [6.45, 7) is 1.72. The van der Waals surface area contributed by atoms with Crippen LogP contribution in [0.5, 0.6) is 0 Å². The topological polar surface area (TPSA) is 124 Å². The Hall–Kier alpha value is -3.01. The molecule has 1 aromatic carbocycles. The Kier molecular flexibility index (Phi) is 5.09. The lowest BCUT2D eigenvalue weighted by atomic mass is 9.73. The Bertz CT molecular complexity index is 1400. The number of hydrogen-bond acceptors (Lipinski definition) is 8. The molecule has 1 atom stereocenters. The lowest BCUT2D eigenvalue weighted by Crippen LogP contribution is -2.45. The van der Waals surface area contributed by atoms with Gasteiger partial charge in [0.25, 0.3) is 0 Å². The highest BCUT2D eigenvalue weighted by atomic mass is 35.5. The first-order valence-electron chi connectivity index (χ1n) is 11.3. The largest absolute Gasteiger partial charge is 0.383 e. The second kappa shape index (κ2) is 8.04. The van der Waals surface area contributed by atoms with E-state index < -0.39 is 0 Å². The number of rotatable bonds is 3. The van der Waals surface area contributed by atoms with E-state index in [4.69, 9.17) is 33.8 Å². The van der Waals surface area contributed by atoms with Gasteiger partial charge < -0.3 is 22.1 Å². The smallest absolute Gasteiger partial charge is 0.213 e. The average molecular weight is 493 g/mol. The Morgan fingerprint density at radius 2 is 1.82 bits per heavy atom. The van der Waals surface area contributed by atoms with Crippen LogP contribution in [0.2, 0.25) is 5.02 Å². The molecule has 1 aliphatic heterocycles. The fraction of sp³-hybridized carbons (Fsp3) is 0.292. The van der Waals surface area contributed by atoms with Crippen LogP contribution in [0, 0.1) is 5.41 Å². The average Bonchev–Trinajstić information content (AvgIpc) is 3.43. The molecule has 0 radical (unpaired) electrons. The fourth-order valence-corrected chi connectivity index (χ4v) is 6.53. The van der Waals surface area contributed by atoms with Crippen molar-refractivity contribution in [2.24, 2.45) is 11.1 Å². The highest BCUT2D eigenvalue weighted by molar-refractivity contribution is 7.99. The van der Waals surface area contributed by atoms with E-state index in [1.165, 1.54) is 22.9 Å². The van der Waals surface area contributed by atoms with Gasteiger partial charge in [-0.1, -0.05) is 47.6 Å². The van der Waals surface area contributed by atoms with Gasteiger partial charge in [-0.25, -0.2) is 9.97 Å². The molecule has 6 N–H and O–H groups in total. The maximum atomic E-state index is 6.76. The van der Waals surface area contributed by atoms with E-state index in [9.17, 15) is 0 Å². The summed E-state index contributed by atoms with van der Waals surface area (Å²) in [6.07, 6.45) is 8.36. The van der Waals surface area contributed by atoms with E-state index in [0.29, 0.717) is 10.8 Å². The van der Waals surface area contributed by atoms with Crippen molar-refractivity contribution in [3.63, 3.8) is 0 Å². The Balaban J connectivity index is 1.29. The maximum absolute atomic E-state index is 6.76. The third kappa shape index (κ3) is 3.30. The van der Waals surface area contributed by atoms with E-state index in [-0.39, 0.29) is 17.3 Å². The van der Waals surface area contributed by atoms with Gasteiger partial charge in [-0.3, -0.25) is 4.40 Å². The van der Waals surface area contributed by atoms with Crippen LogP contribution in [0.3, 0.4) is 0 Å². The molecule has 4 heterocycles. The highest BCUT2D eigenvalue weighted by Crippen LogP contribution is 2.51. The van der Waals surface area contributed by atoms with Crippen LogP contribution >= 0.6 is 23.4 Å². The van der Waals surface area contributed by atoms with Crippen LogP contribution in [0.1, 0.15) is 30.0 Å². The predicted octanol–water partition coefficient (Wildman–Crippen LogP) is 3.94. The number of anilines is 3. The van der Waals surface area contributed by atoms with Gasteiger partial charge in [-0.05, 0) is 41.9 Å². The van der Waals surface area contributed by atoms with E-state index in [1.54, 1.807) is 12.4 Å². The zero-order chi connectivity index (χ0) is 23.4. The molecular formula is C24H25ClN8S. The Morgan fingerprint density at radius 3 is 2.62 bits per heavy atom. The standard InChI is InChI=1S/C24H25ClN8S/c25-17-16(5-8-29-20(17)27)34-18-21(28)31-23(33-12-9-30-22(18)33)32-10-6-24(7-11-32)13-14-3-1-2-4-15(14)19(24)26/h1-5,8-9,12,19H,6-7,10-11,13,26,28H2,(H2,27,29)/t19-/m1/s1. The number of imidazole rings is 1. The summed E-state index contributed by atoms with van der Waals surface area (Å²) in [5.74, 6) is 1.49. The number of pyridine rings is 1. The second-order valence-corrected chi connectivity index (χ2v) is 10.5. The molecule has 0 saturated carbocycles. The summed E-state index contributed by atoms with van der Waals surface area (Å²) < 4.78 is 2.00. The first kappa shape index (κ1) is 21.5. The summed E-state index contributed by atoms with van der Waals surface area (Å²) in [4.78, 5) is 17.2. The third-order valence-electron chi connectivity index (χ3n) is 7.24. The first-order valence-corrected chi connectivity index (χ1v) is 12.4. The summed E-state index contributed by atoms with van der Waals surface area (Å²) in [6, 6.07) is 10.5. The maximum Gasteiger partial charge on any atom is 0.213 e. The van der Waals surface area contributed by atoms with Gasteiger partial charge in [0.1, 0.15) is 11.6 Å². The number of aromatic nitrogens is 4. The second-order valence-electron chi connectivity index (χ2n) is 9.06. The van der Waals surface area contributed by atoms with Crippen LogP contribution in [0.25, 0.3) is 5.65 Å². The number of nitrogens with two attached hydrogens (primary N) is 3. The van der Waals surface area contributed by atoms with Crippen molar-refractivity contribution in [3.05, 3.63) is 65.1 Å². The van der Waals surface area contributed by atoms with Crippen molar-refractivity contribution in [2.45, 2.75) is 35.1 Å². The van der Waals surface area contributed by atoms with Crippen LogP contribution < -0.4 is 22.1 Å². The number of hydrogen-bond donors (Lipinski definition) is 3. The van der Waals surface area contributed by atoms with E-state index >= 15 is 0 Å². The number of nitrogen functional groups attached to an aromatic ring is 2. The van der Waals surface area contributed by atoms with E-state index in [0.717, 1.165) is 53.7 Å². The quantitative estimate of drug-likeness (QED) is 0.393. The van der Waals surface area contributed by atoms with Gasteiger partial charge in [0, 0.05) is 42.6 Å². The third-order valence-corrected chi connectivity index (χ3v) is 8.90. The minimum absolute atomic E-state index is 0.0773. The molecule has 34 heavy (non-hydrogen) atoms. The summed E-state index contributed by atoms with van der Waals surface area (Å²) >= 11 is 7.76. The zero-order valence-corrected chi connectivity index (χ0v) is 20.1. The molecule has 6 rings (SSSR count). The molecule has 0 bridgehead atoms. The molecule has 1 saturated heterocycles. The normalized spacial score (nSPS) is 19.1. The fourth-order valence-electron chi connectivity index (χ4n) is 5.37. The molecule has 174 valence electrons. The lowest BCUT2D eigenvalue weighted by Gasteiger charge is -2.42. The van der Waals surface area contributed by atoms with Gasteiger partial charge in [0.05, 0.1) is 9.92 Å². The van der Waals surface area contributed by atoms with E-state index in [2.05, 4.69) is 39.1 Å². The Morgan fingerprint density at radius 1 is 1.03 bits per heavy atom. The van der Waals surface area contributed by atoms with Gasteiger partial charge in [-0.2, -0.15) is 4.98 Å². The molecule has 1 aliphatic carbocycles. The van der Waals surface area contributed by atoms with Crippen LogP contribution in [0.15, 0.2) is 58.7 Å². The Labute approximate surface area is 206 Å². The monoisotopic (exact) mass is 492 g/mol. The number of fused-ring (bicyclic) bond motifs is 2. The first-order chi connectivity index (χ1) is 16.5. The summed E-state index contributed by atoms with van der Waals surface area (Å²) in [5.41, 5.74) is 22.6. The molecule has 1 fully saturated rings. The lowest BCUT2D eigenvalue weighted by molar-refractivity contribution is 0.187. The van der Waals surface area contributed by atoms with Crippen molar-refractivity contribution in [3.8, 4) is 0 Å². The SMILES string of the molecule is Nc1nccc(Sc2c(N)nc(N3CCC4(CC3)Cc3ccccc3[C@H]4N)n3ccnc23)c1Cl. The van der Waals surface area contributed by atoms with Crippen molar-refractivity contribution >= 4 is 46.6 Å². The summed E-state index contributed by atoms with van der Waals surface area (Å²) in [7, 11) is 0. The van der Waals surface area contributed by atoms with Crippen molar-refractivity contribution in [1.82, 2.24) is 19.4 Å². The number of nitrogens with zero attached hydrogens (tertiary/aromatic N) is 5. The molecule has 1 spiro atoms. The molecule has 8 nitrogen and oxygen atoms in total. The molecule has 4 aromatic rings. The number of piperidine rings is 1. The predicted molar refractivity (Wildman–Crippen MR) is 136 cm³/mol. The van der Waals surface area contributed by atoms with Crippen LogP contribution in [-0.2, 0) is 6.42 Å². The zero-order valence-electron chi connectivity index (χ0n) is 18.5. The van der Waals surface area contributed by atoms with Gasteiger partial charge in [0.15, 0.2) is 5.65 Å². The highest BCUT2D eigenvalue weighted by Gasteiger charge is 2.46. The van der Waals surface area contributed by atoms with Crippen LogP contribution in [-0.4, -0.2) is 32.4 Å². The minimum atomic E-state index is 0.0773. The minimum Gasteiger partial charge on any atom is -0.383 e. The molecule has 2 aliphatic rings. The van der Waals surface area contributed by atoms with Gasteiger partial charge >= 0.3 is 0 Å². The van der Waals surface area contributed by atoms with Gasteiger partial charge in [-0.15, -0.1) is 0 Å². The van der Waals surface area contributed by atoms with E-state index in [1.807, 2.05) is 16.7 Å². The molecular weight excluding hydrogens is 468 g/mol. The van der Waals surface area contributed by atoms with Gasteiger partial charge in [0.2, 0.25) is 5.95 Å². The number of halogens is 1. The molecule has 0 unspecified atom stereocenters. The van der Waals surface area contributed by atoms with Crippen molar-refractivity contribution in [2.75, 3.05) is 29.5 Å². The van der Waals surface area contributed by atoms with Crippen molar-refractivity contribution < 1.29 is 0 Å². The molecule has 3 aromatic heterocycles. The summed E-state index contributed by atoms with van der Waals surface area (Å²) in [5, 5.41) is 0.399. The van der Waals surface area contributed by atoms with Crippen LogP contribution in [0.4, 0.5) is 17.6 Å². The molecule has 0 amide bonds. The van der Waals surface area contributed by atoms with Crippen molar-refractivity contribution in [1.29, 1.82) is 0 Å².